The molecular formula is C12H7ClN6OS. The second kappa shape index (κ2) is 4.90. The summed E-state index contributed by atoms with van der Waals surface area (Å²) in [7, 11) is 0. The van der Waals surface area contributed by atoms with E-state index in [1.165, 1.54) is 18.1 Å². The van der Waals surface area contributed by atoms with Gasteiger partial charge in [0.2, 0.25) is 5.82 Å². The van der Waals surface area contributed by atoms with Crippen LogP contribution >= 0.6 is 23.4 Å². The predicted octanol–water partition coefficient (Wildman–Crippen LogP) is 2.91. The molecule has 0 aliphatic heterocycles. The summed E-state index contributed by atoms with van der Waals surface area (Å²) >= 11 is 7.42. The monoisotopic (exact) mass is 318 g/mol. The van der Waals surface area contributed by atoms with Crippen molar-refractivity contribution in [1.29, 1.82) is 0 Å². The zero-order valence-electron chi connectivity index (χ0n) is 10.4. The molecule has 1 N–H and O–H groups in total. The fourth-order valence-electron chi connectivity index (χ4n) is 1.89. The molecule has 0 atom stereocenters. The van der Waals surface area contributed by atoms with Gasteiger partial charge in [0.05, 0.1) is 5.02 Å². The smallest absolute Gasteiger partial charge is 0.204 e. The molecule has 9 heteroatoms. The normalized spacial score (nSPS) is 11.3. The van der Waals surface area contributed by atoms with E-state index in [1.54, 1.807) is 10.5 Å². The molecule has 4 heterocycles. The number of nitrogens with one attached hydrogen (secondary N) is 1. The van der Waals surface area contributed by atoms with E-state index in [-0.39, 0.29) is 0 Å². The third-order valence-electron chi connectivity index (χ3n) is 2.78. The minimum absolute atomic E-state index is 0.541. The summed E-state index contributed by atoms with van der Waals surface area (Å²) in [6.45, 7) is 0. The van der Waals surface area contributed by atoms with Crippen molar-refractivity contribution in [3.8, 4) is 11.6 Å². The second-order valence-corrected chi connectivity index (χ2v) is 5.49. The van der Waals surface area contributed by atoms with Gasteiger partial charge in [-0.1, -0.05) is 11.6 Å². The van der Waals surface area contributed by atoms with Crippen LogP contribution in [0.15, 0.2) is 51.5 Å². The van der Waals surface area contributed by atoms with Crippen molar-refractivity contribution < 1.29 is 4.42 Å². The Morgan fingerprint density at radius 1 is 1.24 bits per heavy atom. The maximum atomic E-state index is 6.08. The number of furan rings is 1. The number of aromatic nitrogens is 6. The molecule has 0 aromatic carbocycles. The minimum Gasteiger partial charge on any atom is -0.446 e. The average Bonchev–Trinajstić information content (AvgIpc) is 3.19. The Balaban J connectivity index is 1.72. The molecule has 0 bridgehead atoms. The number of aromatic amines is 1. The fraction of sp³-hybridized carbons (Fsp3) is 0. The predicted molar refractivity (Wildman–Crippen MR) is 76.2 cm³/mol. The van der Waals surface area contributed by atoms with Crippen molar-refractivity contribution in [2.24, 2.45) is 0 Å². The van der Waals surface area contributed by atoms with Crippen LogP contribution in [0, 0.1) is 0 Å². The first-order valence-electron chi connectivity index (χ1n) is 5.94. The number of fused-ring (bicyclic) bond motifs is 1. The number of H-pyrrole nitrogens is 1. The van der Waals surface area contributed by atoms with Crippen LogP contribution in [0.3, 0.4) is 0 Å². The van der Waals surface area contributed by atoms with Crippen LogP contribution in [0.1, 0.15) is 0 Å². The van der Waals surface area contributed by atoms with Gasteiger partial charge in [-0.25, -0.2) is 4.98 Å². The van der Waals surface area contributed by atoms with Gasteiger partial charge in [0.25, 0.3) is 0 Å². The number of pyridine rings is 1. The van der Waals surface area contributed by atoms with Gasteiger partial charge in [-0.05, 0) is 36.0 Å². The van der Waals surface area contributed by atoms with Gasteiger partial charge in [-0.15, -0.1) is 10.2 Å². The van der Waals surface area contributed by atoms with Gasteiger partial charge in [-0.3, -0.25) is 9.50 Å². The number of hydrogen-bond acceptors (Lipinski definition) is 6. The Bertz CT molecular complexity index is 900. The van der Waals surface area contributed by atoms with Crippen molar-refractivity contribution in [3.63, 3.8) is 0 Å². The van der Waals surface area contributed by atoms with Gasteiger partial charge >= 0.3 is 0 Å². The molecule has 0 radical (unpaired) electrons. The fourth-order valence-corrected chi connectivity index (χ4v) is 2.74. The minimum atomic E-state index is 0.541. The van der Waals surface area contributed by atoms with Gasteiger partial charge < -0.3 is 4.42 Å². The highest BCUT2D eigenvalue weighted by Crippen LogP contribution is 2.30. The molecule has 4 aromatic heterocycles. The van der Waals surface area contributed by atoms with E-state index >= 15 is 0 Å². The Kier molecular flexibility index (Phi) is 2.90. The molecule has 0 fully saturated rings. The average molecular weight is 319 g/mol. The summed E-state index contributed by atoms with van der Waals surface area (Å²) in [6, 6.07) is 7.27. The lowest BCUT2D eigenvalue weighted by atomic mass is 10.4. The van der Waals surface area contributed by atoms with E-state index < -0.39 is 0 Å². The lowest BCUT2D eigenvalue weighted by Crippen LogP contribution is -1.87. The van der Waals surface area contributed by atoms with E-state index in [9.17, 15) is 0 Å². The SMILES string of the molecule is Clc1cccn2c(-c3ccc(Sc4ncn[nH]4)o3)nnc12. The van der Waals surface area contributed by atoms with E-state index in [2.05, 4.69) is 25.4 Å². The van der Waals surface area contributed by atoms with Gasteiger partial charge in [0.15, 0.2) is 21.7 Å². The lowest BCUT2D eigenvalue weighted by molar-refractivity contribution is 0.483. The van der Waals surface area contributed by atoms with Crippen LogP contribution in [0.4, 0.5) is 0 Å². The van der Waals surface area contributed by atoms with Crippen LogP contribution in [-0.2, 0) is 0 Å². The maximum absolute atomic E-state index is 6.08. The largest absolute Gasteiger partial charge is 0.446 e. The van der Waals surface area contributed by atoms with E-state index in [0.29, 0.717) is 32.5 Å². The number of nitrogens with zero attached hydrogens (tertiary/aromatic N) is 5. The number of halogens is 1. The molecule has 4 rings (SSSR count). The summed E-state index contributed by atoms with van der Waals surface area (Å²) in [4.78, 5) is 4.03. The summed E-state index contributed by atoms with van der Waals surface area (Å²) < 4.78 is 7.54. The quantitative estimate of drug-likeness (QED) is 0.625. The molecule has 104 valence electrons. The first kappa shape index (κ1) is 12.4. The Morgan fingerprint density at radius 2 is 2.19 bits per heavy atom. The molecule has 0 saturated carbocycles. The lowest BCUT2D eigenvalue weighted by Gasteiger charge is -1.97. The van der Waals surface area contributed by atoms with Gasteiger partial charge in [-0.2, -0.15) is 5.10 Å². The summed E-state index contributed by atoms with van der Waals surface area (Å²) in [5.41, 5.74) is 0.593. The first-order chi connectivity index (χ1) is 10.3. The Morgan fingerprint density at radius 3 is 3.05 bits per heavy atom. The molecule has 4 aromatic rings. The zero-order chi connectivity index (χ0) is 14.2. The van der Waals surface area contributed by atoms with Crippen molar-refractivity contribution in [1.82, 2.24) is 29.8 Å². The summed E-state index contributed by atoms with van der Waals surface area (Å²) in [5, 5.41) is 16.6. The third kappa shape index (κ3) is 2.18. The standard InChI is InChI=1S/C12H7ClN6OS/c13-7-2-1-5-19-10(7)16-17-11(19)8-3-4-9(20-8)21-12-14-6-15-18-12/h1-6H,(H,14,15,18). The summed E-state index contributed by atoms with van der Waals surface area (Å²) in [6.07, 6.45) is 3.28. The highest BCUT2D eigenvalue weighted by molar-refractivity contribution is 7.99. The van der Waals surface area contributed by atoms with Crippen molar-refractivity contribution >= 4 is 29.0 Å². The topological polar surface area (TPSA) is 84.9 Å². The van der Waals surface area contributed by atoms with Crippen molar-refractivity contribution in [2.75, 3.05) is 0 Å². The van der Waals surface area contributed by atoms with Crippen LogP contribution < -0.4 is 0 Å². The Hall–Kier alpha value is -2.32. The van der Waals surface area contributed by atoms with Crippen LogP contribution in [0.2, 0.25) is 5.02 Å². The van der Waals surface area contributed by atoms with Crippen LogP contribution in [-0.4, -0.2) is 29.8 Å². The van der Waals surface area contributed by atoms with E-state index in [0.717, 1.165) is 0 Å². The van der Waals surface area contributed by atoms with Crippen LogP contribution in [0.5, 0.6) is 0 Å². The number of hydrogen-bond donors (Lipinski definition) is 1. The third-order valence-corrected chi connectivity index (χ3v) is 3.88. The van der Waals surface area contributed by atoms with Crippen molar-refractivity contribution in [2.45, 2.75) is 10.2 Å². The highest BCUT2D eigenvalue weighted by Gasteiger charge is 2.14. The molecule has 0 spiro atoms. The molecular weight excluding hydrogens is 312 g/mol. The first-order valence-corrected chi connectivity index (χ1v) is 7.13. The van der Waals surface area contributed by atoms with E-state index in [4.69, 9.17) is 16.0 Å². The maximum Gasteiger partial charge on any atom is 0.204 e. The summed E-state index contributed by atoms with van der Waals surface area (Å²) in [5.74, 6) is 1.20. The molecule has 0 amide bonds. The second-order valence-electron chi connectivity index (χ2n) is 4.08. The molecule has 0 aliphatic carbocycles. The molecule has 0 saturated heterocycles. The highest BCUT2D eigenvalue weighted by atomic mass is 35.5. The molecule has 7 nitrogen and oxygen atoms in total. The van der Waals surface area contributed by atoms with E-state index in [1.807, 2.05) is 24.4 Å². The molecule has 21 heavy (non-hydrogen) atoms. The Labute approximate surface area is 127 Å². The molecule has 0 unspecified atom stereocenters. The number of rotatable bonds is 3. The van der Waals surface area contributed by atoms with Crippen LogP contribution in [0.25, 0.3) is 17.2 Å². The molecule has 0 aliphatic rings. The zero-order valence-corrected chi connectivity index (χ0v) is 12.0. The van der Waals surface area contributed by atoms with Crippen molar-refractivity contribution in [3.05, 3.63) is 41.8 Å². The van der Waals surface area contributed by atoms with Gasteiger partial charge in [0.1, 0.15) is 6.33 Å². The van der Waals surface area contributed by atoms with Gasteiger partial charge in [0, 0.05) is 6.20 Å².